The number of rotatable bonds is 6. The van der Waals surface area contributed by atoms with Crippen LogP contribution in [0.3, 0.4) is 0 Å². The minimum absolute atomic E-state index is 0.123. The predicted octanol–water partition coefficient (Wildman–Crippen LogP) is 4.75. The van der Waals surface area contributed by atoms with Crippen LogP contribution in [0.2, 0.25) is 5.02 Å². The van der Waals surface area contributed by atoms with E-state index in [2.05, 4.69) is 16.0 Å². The first-order chi connectivity index (χ1) is 12.4. The Hall–Kier alpha value is -2.53. The SMILES string of the molecule is CCC(C)NC(=O)c1ccc(NC(=O)NC(C)c2ccccc2Cl)cc1. The quantitative estimate of drug-likeness (QED) is 0.683. The number of urea groups is 1. The predicted molar refractivity (Wildman–Crippen MR) is 106 cm³/mol. The Morgan fingerprint density at radius 1 is 1.00 bits per heavy atom. The summed E-state index contributed by atoms with van der Waals surface area (Å²) in [6.45, 7) is 5.83. The Morgan fingerprint density at radius 3 is 2.27 bits per heavy atom. The third-order valence-corrected chi connectivity index (χ3v) is 4.46. The first-order valence-corrected chi connectivity index (χ1v) is 9.01. The fourth-order valence-electron chi connectivity index (χ4n) is 2.38. The van der Waals surface area contributed by atoms with Crippen molar-refractivity contribution in [1.29, 1.82) is 0 Å². The highest BCUT2D eigenvalue weighted by Gasteiger charge is 2.13. The maximum absolute atomic E-state index is 12.2. The number of amides is 3. The van der Waals surface area contributed by atoms with E-state index in [0.717, 1.165) is 12.0 Å². The molecule has 0 aliphatic heterocycles. The van der Waals surface area contributed by atoms with E-state index in [1.807, 2.05) is 39.0 Å². The number of anilines is 1. The monoisotopic (exact) mass is 373 g/mol. The van der Waals surface area contributed by atoms with Crippen LogP contribution >= 0.6 is 11.6 Å². The van der Waals surface area contributed by atoms with Gasteiger partial charge < -0.3 is 16.0 Å². The van der Waals surface area contributed by atoms with Gasteiger partial charge in [-0.05, 0) is 56.2 Å². The van der Waals surface area contributed by atoms with Gasteiger partial charge in [-0.15, -0.1) is 0 Å². The molecule has 5 nitrogen and oxygen atoms in total. The van der Waals surface area contributed by atoms with Crippen molar-refractivity contribution in [3.8, 4) is 0 Å². The largest absolute Gasteiger partial charge is 0.350 e. The van der Waals surface area contributed by atoms with E-state index in [-0.39, 0.29) is 24.0 Å². The van der Waals surface area contributed by atoms with Gasteiger partial charge in [0.05, 0.1) is 6.04 Å². The second kappa shape index (κ2) is 9.25. The molecule has 6 heteroatoms. The summed E-state index contributed by atoms with van der Waals surface area (Å²) in [6.07, 6.45) is 0.870. The van der Waals surface area contributed by atoms with Crippen LogP contribution in [0.25, 0.3) is 0 Å². The van der Waals surface area contributed by atoms with Crippen molar-refractivity contribution in [2.45, 2.75) is 39.3 Å². The summed E-state index contributed by atoms with van der Waals surface area (Å²) in [5.74, 6) is -0.123. The zero-order chi connectivity index (χ0) is 19.1. The summed E-state index contributed by atoms with van der Waals surface area (Å²) in [5.41, 5.74) is 2.01. The molecule has 138 valence electrons. The smallest absolute Gasteiger partial charge is 0.319 e. The lowest BCUT2D eigenvalue weighted by Gasteiger charge is -2.16. The summed E-state index contributed by atoms with van der Waals surface area (Å²) in [6, 6.07) is 13.7. The minimum Gasteiger partial charge on any atom is -0.350 e. The summed E-state index contributed by atoms with van der Waals surface area (Å²) in [5, 5.41) is 9.11. The van der Waals surface area contributed by atoms with Gasteiger partial charge in [0.1, 0.15) is 0 Å². The van der Waals surface area contributed by atoms with Crippen molar-refractivity contribution in [2.24, 2.45) is 0 Å². The fourth-order valence-corrected chi connectivity index (χ4v) is 2.68. The lowest BCUT2D eigenvalue weighted by atomic mass is 10.1. The molecule has 0 aromatic heterocycles. The molecule has 3 N–H and O–H groups in total. The molecular formula is C20H24ClN3O2. The Bertz CT molecular complexity index is 762. The molecule has 0 heterocycles. The maximum atomic E-state index is 12.2. The average molecular weight is 374 g/mol. The van der Waals surface area contributed by atoms with Crippen molar-refractivity contribution < 1.29 is 9.59 Å². The molecule has 2 aromatic rings. The molecule has 0 radical (unpaired) electrons. The molecule has 2 rings (SSSR count). The normalized spacial score (nSPS) is 12.8. The van der Waals surface area contributed by atoms with E-state index < -0.39 is 0 Å². The highest BCUT2D eigenvalue weighted by Crippen LogP contribution is 2.22. The Morgan fingerprint density at radius 2 is 1.65 bits per heavy atom. The molecule has 0 fully saturated rings. The highest BCUT2D eigenvalue weighted by molar-refractivity contribution is 6.31. The highest BCUT2D eigenvalue weighted by atomic mass is 35.5. The Balaban J connectivity index is 1.93. The van der Waals surface area contributed by atoms with Gasteiger partial charge >= 0.3 is 6.03 Å². The number of halogens is 1. The molecule has 0 bridgehead atoms. The number of benzene rings is 2. The topological polar surface area (TPSA) is 70.2 Å². The van der Waals surface area contributed by atoms with Crippen LogP contribution in [0, 0.1) is 0 Å². The van der Waals surface area contributed by atoms with Gasteiger partial charge in [0.2, 0.25) is 0 Å². The zero-order valence-electron chi connectivity index (χ0n) is 15.2. The van der Waals surface area contributed by atoms with Gasteiger partial charge in [-0.2, -0.15) is 0 Å². The Labute approximate surface area is 159 Å². The molecule has 0 aliphatic carbocycles. The summed E-state index contributed by atoms with van der Waals surface area (Å²) in [7, 11) is 0. The van der Waals surface area contributed by atoms with E-state index in [1.54, 1.807) is 30.3 Å². The van der Waals surface area contributed by atoms with Gasteiger partial charge in [-0.1, -0.05) is 36.7 Å². The molecule has 2 aromatic carbocycles. The summed E-state index contributed by atoms with van der Waals surface area (Å²) in [4.78, 5) is 24.2. The molecular weight excluding hydrogens is 350 g/mol. The van der Waals surface area contributed by atoms with E-state index in [1.165, 1.54) is 0 Å². The molecule has 2 atom stereocenters. The molecule has 0 spiro atoms. The lowest BCUT2D eigenvalue weighted by molar-refractivity contribution is 0.0939. The second-order valence-electron chi connectivity index (χ2n) is 6.20. The van der Waals surface area contributed by atoms with Gasteiger partial charge in [0.25, 0.3) is 5.91 Å². The number of hydrogen-bond acceptors (Lipinski definition) is 2. The molecule has 26 heavy (non-hydrogen) atoms. The number of carbonyl (C=O) groups is 2. The van der Waals surface area contributed by atoms with Crippen LogP contribution in [0.5, 0.6) is 0 Å². The van der Waals surface area contributed by atoms with Crippen molar-refractivity contribution in [3.63, 3.8) is 0 Å². The summed E-state index contributed by atoms with van der Waals surface area (Å²) >= 11 is 6.15. The fraction of sp³-hybridized carbons (Fsp3) is 0.300. The summed E-state index contributed by atoms with van der Waals surface area (Å²) < 4.78 is 0. The van der Waals surface area contributed by atoms with Gasteiger partial charge in [0, 0.05) is 22.3 Å². The van der Waals surface area contributed by atoms with Crippen molar-refractivity contribution in [1.82, 2.24) is 10.6 Å². The molecule has 2 unspecified atom stereocenters. The van der Waals surface area contributed by atoms with Gasteiger partial charge in [-0.3, -0.25) is 4.79 Å². The first kappa shape index (κ1) is 19.8. The van der Waals surface area contributed by atoms with Crippen LogP contribution in [0.15, 0.2) is 48.5 Å². The average Bonchev–Trinajstić information content (AvgIpc) is 2.62. The van der Waals surface area contributed by atoms with Gasteiger partial charge in [-0.25, -0.2) is 4.79 Å². The standard InChI is InChI=1S/C20H24ClN3O2/c1-4-13(2)22-19(25)15-9-11-16(12-10-15)24-20(26)23-14(3)17-7-5-6-8-18(17)21/h5-14H,4H2,1-3H3,(H,22,25)(H2,23,24,26). The molecule has 0 saturated carbocycles. The third kappa shape index (κ3) is 5.49. The third-order valence-electron chi connectivity index (χ3n) is 4.11. The van der Waals surface area contributed by atoms with E-state index >= 15 is 0 Å². The van der Waals surface area contributed by atoms with Crippen molar-refractivity contribution in [3.05, 3.63) is 64.7 Å². The van der Waals surface area contributed by atoms with E-state index in [9.17, 15) is 9.59 Å². The van der Waals surface area contributed by atoms with Crippen LogP contribution in [-0.2, 0) is 0 Å². The Kier molecular flexibility index (Phi) is 7.04. The van der Waals surface area contributed by atoms with Crippen molar-refractivity contribution in [2.75, 3.05) is 5.32 Å². The number of hydrogen-bond donors (Lipinski definition) is 3. The maximum Gasteiger partial charge on any atom is 0.319 e. The lowest BCUT2D eigenvalue weighted by Crippen LogP contribution is -2.32. The minimum atomic E-state index is -0.339. The number of carbonyl (C=O) groups excluding carboxylic acids is 2. The second-order valence-corrected chi connectivity index (χ2v) is 6.61. The van der Waals surface area contributed by atoms with E-state index in [0.29, 0.717) is 16.3 Å². The first-order valence-electron chi connectivity index (χ1n) is 8.63. The van der Waals surface area contributed by atoms with Crippen LogP contribution in [0.1, 0.15) is 49.2 Å². The zero-order valence-corrected chi connectivity index (χ0v) is 15.9. The van der Waals surface area contributed by atoms with Crippen LogP contribution in [-0.4, -0.2) is 18.0 Å². The molecule has 0 aliphatic rings. The number of nitrogens with one attached hydrogen (secondary N) is 3. The van der Waals surface area contributed by atoms with Gasteiger partial charge in [0.15, 0.2) is 0 Å². The van der Waals surface area contributed by atoms with Crippen LogP contribution < -0.4 is 16.0 Å². The van der Waals surface area contributed by atoms with Crippen LogP contribution in [0.4, 0.5) is 10.5 Å². The van der Waals surface area contributed by atoms with Crippen molar-refractivity contribution >= 4 is 29.2 Å². The van der Waals surface area contributed by atoms with E-state index in [4.69, 9.17) is 11.6 Å². The molecule has 3 amide bonds. The molecule has 0 saturated heterocycles.